The molecule has 162 valence electrons. The normalized spacial score (nSPS) is 29.9. The van der Waals surface area contributed by atoms with Gasteiger partial charge in [0, 0.05) is 0 Å². The summed E-state index contributed by atoms with van der Waals surface area (Å²) in [4.78, 5) is 39.3. The van der Waals surface area contributed by atoms with Crippen LogP contribution in [-0.2, 0) is 22.7 Å². The topological polar surface area (TPSA) is 258 Å². The predicted molar refractivity (Wildman–Crippen MR) is 94.0 cm³/mol. The highest BCUT2D eigenvalue weighted by atomic mass is 31.3. The molecule has 3 heterocycles. The molecule has 5 atom stereocenters. The highest BCUT2D eigenvalue weighted by Gasteiger charge is 2.54. The zero-order chi connectivity index (χ0) is 21.8. The van der Waals surface area contributed by atoms with Crippen molar-refractivity contribution < 1.29 is 42.7 Å². The number of nitrogens with one attached hydrogen (secondary N) is 1. The Morgan fingerprint density at radius 2 is 2.10 bits per heavy atom. The number of imidazole rings is 1. The van der Waals surface area contributed by atoms with Gasteiger partial charge >= 0.3 is 15.6 Å². The largest absolute Gasteiger partial charge is 0.477 e. The van der Waals surface area contributed by atoms with Crippen LogP contribution in [0.1, 0.15) is 13.2 Å². The number of aliphatic hydroxyl groups excluding tert-OH is 1. The summed E-state index contributed by atoms with van der Waals surface area (Å²) in [6.45, 7) is 0.448. The Hall–Kier alpha value is -1.71. The number of aliphatic hydroxyl groups is 2. The number of H-pyrrole nitrogens is 1. The van der Waals surface area contributed by atoms with Gasteiger partial charge in [0.25, 0.3) is 5.56 Å². The molecule has 0 amide bonds. The number of nitrogens with zero attached hydrogens (tertiary/aromatic N) is 3. The van der Waals surface area contributed by atoms with E-state index in [2.05, 4.69) is 23.8 Å². The molecule has 18 heteroatoms. The number of nitrogens with two attached hydrogens (primary N) is 2. The fourth-order valence-corrected chi connectivity index (χ4v) is 4.57. The van der Waals surface area contributed by atoms with Crippen molar-refractivity contribution in [3.63, 3.8) is 0 Å². The molecule has 0 bridgehead atoms. The summed E-state index contributed by atoms with van der Waals surface area (Å²) in [6, 6.07) is 0. The fraction of sp³-hybridized carbons (Fsp3) is 0.545. The number of anilines is 1. The van der Waals surface area contributed by atoms with E-state index in [1.807, 2.05) is 0 Å². The molecule has 9 N–H and O–H groups in total. The first-order valence-corrected chi connectivity index (χ1v) is 10.9. The number of fused-ring (bicyclic) bond motifs is 1. The predicted octanol–water partition coefficient (Wildman–Crippen LogP) is -2.10. The summed E-state index contributed by atoms with van der Waals surface area (Å²) < 4.78 is 37.7. The summed E-state index contributed by atoms with van der Waals surface area (Å²) in [5.74, 6) is -0.221. The highest BCUT2D eigenvalue weighted by Crippen LogP contribution is 2.55. The van der Waals surface area contributed by atoms with Gasteiger partial charge < -0.3 is 30.5 Å². The molecule has 0 spiro atoms. The number of phosphoric acid groups is 1. The van der Waals surface area contributed by atoms with Gasteiger partial charge in [0.1, 0.15) is 17.8 Å². The van der Waals surface area contributed by atoms with E-state index in [9.17, 15) is 24.1 Å². The molecule has 1 unspecified atom stereocenters. The summed E-state index contributed by atoms with van der Waals surface area (Å²) in [5, 5.41) is 21.1. The number of hydrogen-bond acceptors (Lipinski definition) is 11. The molecule has 2 aromatic heterocycles. The molecule has 16 nitrogen and oxygen atoms in total. The average molecular weight is 456 g/mol. The molecular formula is C11H18N6O10P2. The van der Waals surface area contributed by atoms with Crippen molar-refractivity contribution in [3.8, 4) is 0 Å². The van der Waals surface area contributed by atoms with Crippen LogP contribution in [0.15, 0.2) is 11.1 Å². The Balaban J connectivity index is 1.85. The maximum absolute atomic E-state index is 11.9. The number of nitrogen functional groups attached to an aromatic ring is 1. The van der Waals surface area contributed by atoms with Crippen LogP contribution in [0.5, 0.6) is 0 Å². The summed E-state index contributed by atoms with van der Waals surface area (Å²) in [5.41, 5.74) is 7.83. The summed E-state index contributed by atoms with van der Waals surface area (Å²) >= 11 is 0. The minimum atomic E-state index is -5.21. The zero-order valence-corrected chi connectivity index (χ0v) is 16.4. The molecule has 0 radical (unpaired) electrons. The van der Waals surface area contributed by atoms with Crippen LogP contribution in [-0.4, -0.2) is 63.9 Å². The molecule has 2 aromatic rings. The zero-order valence-electron chi connectivity index (χ0n) is 14.6. The number of hydrogen-bond donors (Lipinski definition) is 7. The van der Waals surface area contributed by atoms with E-state index in [1.54, 1.807) is 0 Å². The van der Waals surface area contributed by atoms with E-state index in [0.29, 0.717) is 0 Å². The first kappa shape index (κ1) is 22.0. The van der Waals surface area contributed by atoms with Crippen LogP contribution >= 0.6 is 15.6 Å². The van der Waals surface area contributed by atoms with Crippen LogP contribution in [0.2, 0.25) is 0 Å². The van der Waals surface area contributed by atoms with Crippen LogP contribution in [0, 0.1) is 0 Å². The Labute approximate surface area is 161 Å². The van der Waals surface area contributed by atoms with Crippen molar-refractivity contribution in [3.05, 3.63) is 16.7 Å². The van der Waals surface area contributed by atoms with Gasteiger partial charge in [-0.2, -0.15) is 9.29 Å². The lowest BCUT2D eigenvalue weighted by Gasteiger charge is -2.27. The third kappa shape index (κ3) is 4.41. The van der Waals surface area contributed by atoms with E-state index in [4.69, 9.17) is 25.8 Å². The van der Waals surface area contributed by atoms with Crippen molar-refractivity contribution in [1.29, 1.82) is 0 Å². The van der Waals surface area contributed by atoms with Gasteiger partial charge in [0.2, 0.25) is 5.95 Å². The maximum atomic E-state index is 11.9. The van der Waals surface area contributed by atoms with Gasteiger partial charge in [-0.3, -0.25) is 18.9 Å². The fourth-order valence-electron chi connectivity index (χ4n) is 2.84. The molecule has 1 aliphatic heterocycles. The lowest BCUT2D eigenvalue weighted by molar-refractivity contribution is -0.0948. The molecule has 1 saturated heterocycles. The number of aromatic nitrogens is 4. The minimum Gasteiger partial charge on any atom is -0.387 e. The molecular weight excluding hydrogens is 438 g/mol. The standard InChI is InChI=1S/C11H18N6O10P2/c1-11(20)6(18)4(2-25-28(13,21)27-29(22,23)24)26-9(11)17-3-14-5-7(17)15-10(12)16-8(5)19/h3-4,6,9,18,20H,2H2,1H3,(H2,13,21)(H2,22,23,24)(H3,12,15,16,19)/t4-,6-,9-,11-,28?/m1/s1. The smallest absolute Gasteiger partial charge is 0.387 e. The first-order chi connectivity index (χ1) is 13.2. The highest BCUT2D eigenvalue weighted by molar-refractivity contribution is 7.62. The second-order valence-electron chi connectivity index (χ2n) is 6.38. The maximum Gasteiger partial charge on any atom is 0.477 e. The number of ether oxygens (including phenoxy) is 1. The molecule has 3 rings (SSSR count). The van der Waals surface area contributed by atoms with E-state index in [1.165, 1.54) is 6.92 Å². The minimum absolute atomic E-state index is 0.0420. The lowest BCUT2D eigenvalue weighted by Crippen LogP contribution is -2.44. The Morgan fingerprint density at radius 3 is 2.72 bits per heavy atom. The molecule has 29 heavy (non-hydrogen) atoms. The van der Waals surface area contributed by atoms with Crippen LogP contribution in [0.4, 0.5) is 5.95 Å². The molecule has 1 fully saturated rings. The van der Waals surface area contributed by atoms with Crippen LogP contribution < -0.4 is 16.8 Å². The van der Waals surface area contributed by atoms with Crippen molar-refractivity contribution in [2.24, 2.45) is 5.50 Å². The monoisotopic (exact) mass is 456 g/mol. The van der Waals surface area contributed by atoms with Gasteiger partial charge in [0.15, 0.2) is 17.4 Å². The average Bonchev–Trinajstić information content (AvgIpc) is 3.04. The number of rotatable bonds is 6. The molecule has 0 aliphatic carbocycles. The van der Waals surface area contributed by atoms with E-state index < -0.39 is 51.8 Å². The van der Waals surface area contributed by atoms with E-state index >= 15 is 0 Å². The Kier molecular flexibility index (Phi) is 5.47. The third-order valence-corrected chi connectivity index (χ3v) is 6.37. The SMILES string of the molecule is C[C@@]1(O)[C@H](O)[C@@H](COP(N)(=O)OP(=O)(O)O)O[C@H]1n1cnc2c(=O)[nH]c(N)nc21. The summed E-state index contributed by atoms with van der Waals surface area (Å²) in [7, 11) is -9.90. The number of aromatic amines is 1. The third-order valence-electron chi connectivity index (χ3n) is 4.10. The van der Waals surface area contributed by atoms with Gasteiger partial charge in [-0.1, -0.05) is 0 Å². The van der Waals surface area contributed by atoms with Crippen molar-refractivity contribution in [2.75, 3.05) is 12.3 Å². The molecule has 0 saturated carbocycles. The van der Waals surface area contributed by atoms with Gasteiger partial charge in [-0.15, -0.1) is 0 Å². The van der Waals surface area contributed by atoms with Crippen LogP contribution in [0.3, 0.4) is 0 Å². The second kappa shape index (κ2) is 7.21. The molecule has 0 aromatic carbocycles. The van der Waals surface area contributed by atoms with Crippen molar-refractivity contribution in [2.45, 2.75) is 31.0 Å². The van der Waals surface area contributed by atoms with Gasteiger partial charge in [-0.25, -0.2) is 19.6 Å². The van der Waals surface area contributed by atoms with Crippen LogP contribution in [0.25, 0.3) is 11.2 Å². The van der Waals surface area contributed by atoms with Crippen molar-refractivity contribution >= 4 is 32.7 Å². The quantitative estimate of drug-likeness (QED) is 0.230. The van der Waals surface area contributed by atoms with Gasteiger partial charge in [0.05, 0.1) is 12.9 Å². The summed E-state index contributed by atoms with van der Waals surface area (Å²) in [6.07, 6.45) is -3.21. The van der Waals surface area contributed by atoms with Gasteiger partial charge in [-0.05, 0) is 6.92 Å². The Bertz CT molecular complexity index is 1080. The first-order valence-electron chi connectivity index (χ1n) is 7.79. The second-order valence-corrected chi connectivity index (χ2v) is 9.35. The Morgan fingerprint density at radius 1 is 1.45 bits per heavy atom. The lowest BCUT2D eigenvalue weighted by atomic mass is 9.96. The van der Waals surface area contributed by atoms with Crippen molar-refractivity contribution in [1.82, 2.24) is 19.5 Å². The molecule has 1 aliphatic rings. The van der Waals surface area contributed by atoms with E-state index in [0.717, 1.165) is 10.9 Å². The van der Waals surface area contributed by atoms with E-state index in [-0.39, 0.29) is 17.1 Å².